The highest BCUT2D eigenvalue weighted by atomic mass is 19.2. The van der Waals surface area contributed by atoms with Crippen LogP contribution in [0, 0.1) is 11.6 Å². The van der Waals surface area contributed by atoms with Crippen molar-refractivity contribution in [2.24, 2.45) is 0 Å². The minimum absolute atomic E-state index is 0.152. The first-order chi connectivity index (χ1) is 16.4. The van der Waals surface area contributed by atoms with Crippen LogP contribution in [0.5, 0.6) is 0 Å². The monoisotopic (exact) mass is 468 g/mol. The van der Waals surface area contributed by atoms with Crippen molar-refractivity contribution in [1.82, 2.24) is 9.47 Å². The summed E-state index contributed by atoms with van der Waals surface area (Å²) >= 11 is 0. The number of benzene rings is 2. The molecule has 1 fully saturated rings. The topological polar surface area (TPSA) is 62.5 Å². The van der Waals surface area contributed by atoms with E-state index in [2.05, 4.69) is 4.90 Å². The number of halogens is 2. The van der Waals surface area contributed by atoms with Gasteiger partial charge < -0.3 is 14.6 Å². The first kappa shape index (κ1) is 24.1. The van der Waals surface area contributed by atoms with Crippen molar-refractivity contribution in [1.29, 1.82) is 0 Å². The molecule has 4 rings (SSSR count). The molecule has 3 aromatic rings. The molecule has 1 aliphatic rings. The van der Waals surface area contributed by atoms with Crippen LogP contribution >= 0.6 is 0 Å². The number of likely N-dealkylation sites (tertiary alicyclic amines) is 1. The summed E-state index contributed by atoms with van der Waals surface area (Å²) in [5.41, 5.74) is 2.12. The van der Waals surface area contributed by atoms with Crippen LogP contribution in [0.3, 0.4) is 0 Å². The summed E-state index contributed by atoms with van der Waals surface area (Å²) in [5.74, 6) is -2.83. The number of rotatable bonds is 9. The predicted octanol–water partition coefficient (Wildman–Crippen LogP) is 4.74. The smallest absolute Gasteiger partial charge is 0.326 e. The Morgan fingerprint density at radius 2 is 1.82 bits per heavy atom. The Bertz CT molecular complexity index is 1250. The number of aromatic nitrogens is 1. The lowest BCUT2D eigenvalue weighted by atomic mass is 10.0. The SMILES string of the molecule is CCC(C(=O)O)n1c(CCc2cccc(F)c2F)cc(=O)c2ccc(CCN3CCCC3)cc21. The van der Waals surface area contributed by atoms with Crippen LogP contribution in [0.25, 0.3) is 10.9 Å². The zero-order valence-corrected chi connectivity index (χ0v) is 19.4. The average Bonchev–Trinajstić information content (AvgIpc) is 3.34. The van der Waals surface area contributed by atoms with E-state index in [4.69, 9.17) is 0 Å². The Kier molecular flexibility index (Phi) is 7.41. The maximum atomic E-state index is 14.2. The number of carboxylic acids is 1. The lowest BCUT2D eigenvalue weighted by molar-refractivity contribution is -0.140. The zero-order valence-electron chi connectivity index (χ0n) is 19.4. The van der Waals surface area contributed by atoms with Gasteiger partial charge in [-0.2, -0.15) is 0 Å². The highest BCUT2D eigenvalue weighted by Crippen LogP contribution is 2.25. The van der Waals surface area contributed by atoms with E-state index in [-0.39, 0.29) is 23.8 Å². The second kappa shape index (κ2) is 10.5. The molecule has 2 heterocycles. The summed E-state index contributed by atoms with van der Waals surface area (Å²) < 4.78 is 29.6. The standard InChI is InChI=1S/C27H30F2N2O3/c1-2-23(27(33)34)31-20(10-9-19-6-5-7-22(28)26(19)29)17-25(32)21-11-8-18(16-24(21)31)12-15-30-13-3-4-14-30/h5-8,11,16-17,23H,2-4,9-10,12-15H2,1H3,(H,33,34). The van der Waals surface area contributed by atoms with E-state index in [9.17, 15) is 23.5 Å². The third-order valence-corrected chi connectivity index (χ3v) is 6.78. The highest BCUT2D eigenvalue weighted by Gasteiger charge is 2.23. The van der Waals surface area contributed by atoms with Gasteiger partial charge in [-0.15, -0.1) is 0 Å². The first-order valence-electron chi connectivity index (χ1n) is 11.9. The van der Waals surface area contributed by atoms with Crippen molar-refractivity contribution in [3.8, 4) is 0 Å². The van der Waals surface area contributed by atoms with E-state index < -0.39 is 23.6 Å². The summed E-state index contributed by atoms with van der Waals surface area (Å²) in [7, 11) is 0. The van der Waals surface area contributed by atoms with Crippen LogP contribution in [0.15, 0.2) is 47.3 Å². The summed E-state index contributed by atoms with van der Waals surface area (Å²) in [4.78, 5) is 27.5. The summed E-state index contributed by atoms with van der Waals surface area (Å²) in [6.07, 6.45) is 3.93. The molecule has 2 aromatic carbocycles. The maximum absolute atomic E-state index is 14.2. The van der Waals surface area contributed by atoms with E-state index in [0.29, 0.717) is 23.0 Å². The van der Waals surface area contributed by atoms with Gasteiger partial charge in [0.1, 0.15) is 6.04 Å². The van der Waals surface area contributed by atoms with Crippen LogP contribution in [-0.2, 0) is 24.1 Å². The van der Waals surface area contributed by atoms with Crippen LogP contribution in [0.1, 0.15) is 49.0 Å². The molecule has 1 saturated heterocycles. The minimum atomic E-state index is -0.992. The molecule has 1 atom stereocenters. The molecule has 180 valence electrons. The number of pyridine rings is 1. The fourth-order valence-corrected chi connectivity index (χ4v) is 4.92. The number of carboxylic acid groups (broad SMARTS) is 1. The van der Waals surface area contributed by atoms with Gasteiger partial charge in [0.15, 0.2) is 17.1 Å². The van der Waals surface area contributed by atoms with Crippen molar-refractivity contribution in [3.05, 3.63) is 81.1 Å². The van der Waals surface area contributed by atoms with Crippen molar-refractivity contribution < 1.29 is 18.7 Å². The molecule has 0 aliphatic carbocycles. The molecule has 1 aliphatic heterocycles. The minimum Gasteiger partial charge on any atom is -0.480 e. The van der Waals surface area contributed by atoms with Gasteiger partial charge in [-0.3, -0.25) is 4.79 Å². The van der Waals surface area contributed by atoms with E-state index in [1.54, 1.807) is 17.6 Å². The number of carbonyl (C=O) groups is 1. The van der Waals surface area contributed by atoms with Gasteiger partial charge >= 0.3 is 5.97 Å². The van der Waals surface area contributed by atoms with E-state index >= 15 is 0 Å². The zero-order chi connectivity index (χ0) is 24.2. The molecular weight excluding hydrogens is 438 g/mol. The molecule has 0 spiro atoms. The Morgan fingerprint density at radius 1 is 1.06 bits per heavy atom. The predicted molar refractivity (Wildman–Crippen MR) is 128 cm³/mol. The van der Waals surface area contributed by atoms with Crippen LogP contribution in [0.2, 0.25) is 0 Å². The number of hydrogen-bond acceptors (Lipinski definition) is 3. The second-order valence-corrected chi connectivity index (χ2v) is 9.00. The van der Waals surface area contributed by atoms with E-state index in [0.717, 1.165) is 37.7 Å². The molecule has 1 unspecified atom stereocenters. The van der Waals surface area contributed by atoms with Crippen LogP contribution < -0.4 is 5.43 Å². The molecule has 1 aromatic heterocycles. The lowest BCUT2D eigenvalue weighted by Crippen LogP contribution is -2.25. The molecule has 0 bridgehead atoms. The average molecular weight is 469 g/mol. The van der Waals surface area contributed by atoms with Gasteiger partial charge in [0.2, 0.25) is 0 Å². The van der Waals surface area contributed by atoms with Gasteiger partial charge in [-0.1, -0.05) is 25.1 Å². The van der Waals surface area contributed by atoms with Gasteiger partial charge in [0.25, 0.3) is 0 Å². The number of hydrogen-bond donors (Lipinski definition) is 1. The first-order valence-corrected chi connectivity index (χ1v) is 11.9. The Balaban J connectivity index is 1.75. The quantitative estimate of drug-likeness (QED) is 0.493. The molecule has 7 heteroatoms. The fraction of sp³-hybridized carbons (Fsp3) is 0.407. The third-order valence-electron chi connectivity index (χ3n) is 6.78. The Hall–Kier alpha value is -3.06. The third kappa shape index (κ3) is 5.04. The normalized spacial score (nSPS) is 15.1. The number of aliphatic carboxylic acids is 1. The highest BCUT2D eigenvalue weighted by molar-refractivity contribution is 5.83. The number of fused-ring (bicyclic) bond motifs is 1. The van der Waals surface area contributed by atoms with Crippen molar-refractivity contribution in [2.45, 2.75) is 51.5 Å². The Labute approximate surface area is 197 Å². The maximum Gasteiger partial charge on any atom is 0.326 e. The molecule has 5 nitrogen and oxygen atoms in total. The molecule has 0 radical (unpaired) electrons. The van der Waals surface area contributed by atoms with Crippen molar-refractivity contribution >= 4 is 16.9 Å². The van der Waals surface area contributed by atoms with Gasteiger partial charge in [0, 0.05) is 23.7 Å². The van der Waals surface area contributed by atoms with E-state index in [1.807, 2.05) is 12.1 Å². The number of nitrogens with zero attached hydrogens (tertiary/aromatic N) is 2. The molecule has 0 amide bonds. The van der Waals surface area contributed by atoms with E-state index in [1.165, 1.54) is 31.0 Å². The largest absolute Gasteiger partial charge is 0.480 e. The second-order valence-electron chi connectivity index (χ2n) is 9.00. The van der Waals surface area contributed by atoms with Crippen LogP contribution in [-0.4, -0.2) is 40.2 Å². The summed E-state index contributed by atoms with van der Waals surface area (Å²) in [5, 5.41) is 10.4. The van der Waals surface area contributed by atoms with Crippen LogP contribution in [0.4, 0.5) is 8.78 Å². The van der Waals surface area contributed by atoms with Gasteiger partial charge in [0.05, 0.1) is 5.52 Å². The van der Waals surface area contributed by atoms with Crippen molar-refractivity contribution in [2.75, 3.05) is 19.6 Å². The van der Waals surface area contributed by atoms with Crippen molar-refractivity contribution in [3.63, 3.8) is 0 Å². The van der Waals surface area contributed by atoms with Gasteiger partial charge in [-0.25, -0.2) is 13.6 Å². The summed E-state index contributed by atoms with van der Waals surface area (Å²) in [6, 6.07) is 10.2. The lowest BCUT2D eigenvalue weighted by Gasteiger charge is -2.23. The van der Waals surface area contributed by atoms with Gasteiger partial charge in [-0.05, 0) is 80.9 Å². The molecule has 0 saturated carbocycles. The fourth-order valence-electron chi connectivity index (χ4n) is 4.92. The summed E-state index contributed by atoms with van der Waals surface area (Å²) in [6.45, 7) is 4.90. The Morgan fingerprint density at radius 3 is 2.53 bits per heavy atom. The number of aryl methyl sites for hydroxylation is 2. The molecular formula is C27H30F2N2O3. The molecule has 1 N–H and O–H groups in total. The molecule has 34 heavy (non-hydrogen) atoms.